The number of anilines is 1. The second-order valence-electron chi connectivity index (χ2n) is 5.64. The quantitative estimate of drug-likeness (QED) is 0.865. The van der Waals surface area contributed by atoms with E-state index in [2.05, 4.69) is 25.5 Å². The van der Waals surface area contributed by atoms with Gasteiger partial charge in [0.1, 0.15) is 5.01 Å². The van der Waals surface area contributed by atoms with Gasteiger partial charge in [-0.1, -0.05) is 11.3 Å². The van der Waals surface area contributed by atoms with Gasteiger partial charge in [-0.2, -0.15) is 5.10 Å². The van der Waals surface area contributed by atoms with Crippen molar-refractivity contribution in [3.63, 3.8) is 0 Å². The molecule has 23 heavy (non-hydrogen) atoms. The SMILES string of the molecule is Cc1cnn(C[C@@H]2CN(CC(=O)Nc3nnc(C)s3)CCO2)c1. The van der Waals surface area contributed by atoms with Crippen LogP contribution in [0.15, 0.2) is 12.4 Å². The van der Waals surface area contributed by atoms with Crippen LogP contribution in [0.5, 0.6) is 0 Å². The fraction of sp³-hybridized carbons (Fsp3) is 0.571. The highest BCUT2D eigenvalue weighted by atomic mass is 32.1. The van der Waals surface area contributed by atoms with Gasteiger partial charge in [0.15, 0.2) is 0 Å². The largest absolute Gasteiger partial charge is 0.374 e. The first-order valence-corrected chi connectivity index (χ1v) is 8.33. The van der Waals surface area contributed by atoms with E-state index in [9.17, 15) is 4.79 Å². The summed E-state index contributed by atoms with van der Waals surface area (Å²) in [6.07, 6.45) is 3.87. The number of morpholine rings is 1. The lowest BCUT2D eigenvalue weighted by atomic mass is 10.2. The molecule has 1 atom stereocenters. The van der Waals surface area contributed by atoms with Crippen molar-refractivity contribution in [3.8, 4) is 0 Å². The maximum absolute atomic E-state index is 12.1. The Kier molecular flexibility index (Phi) is 4.99. The second-order valence-corrected chi connectivity index (χ2v) is 6.82. The van der Waals surface area contributed by atoms with Crippen LogP contribution in [-0.4, -0.2) is 63.1 Å². The molecule has 1 N–H and O–H groups in total. The number of amides is 1. The molecular formula is C14H20N6O2S. The first kappa shape index (κ1) is 16.0. The van der Waals surface area contributed by atoms with Gasteiger partial charge in [-0.25, -0.2) is 0 Å². The third-order valence-electron chi connectivity index (χ3n) is 3.52. The van der Waals surface area contributed by atoms with E-state index in [0.29, 0.717) is 31.4 Å². The van der Waals surface area contributed by atoms with Crippen molar-refractivity contribution in [2.75, 3.05) is 31.6 Å². The Morgan fingerprint density at radius 2 is 2.35 bits per heavy atom. The molecule has 1 saturated heterocycles. The molecule has 0 radical (unpaired) electrons. The summed E-state index contributed by atoms with van der Waals surface area (Å²) in [4.78, 5) is 14.2. The topological polar surface area (TPSA) is 85.2 Å². The lowest BCUT2D eigenvalue weighted by Gasteiger charge is -2.32. The summed E-state index contributed by atoms with van der Waals surface area (Å²) in [7, 11) is 0. The predicted octanol–water partition coefficient (Wildman–Crippen LogP) is 0.691. The van der Waals surface area contributed by atoms with Gasteiger partial charge >= 0.3 is 0 Å². The van der Waals surface area contributed by atoms with E-state index >= 15 is 0 Å². The molecule has 3 heterocycles. The molecule has 0 spiro atoms. The summed E-state index contributed by atoms with van der Waals surface area (Å²) in [5, 5.41) is 16.2. The van der Waals surface area contributed by atoms with Crippen LogP contribution >= 0.6 is 11.3 Å². The monoisotopic (exact) mass is 336 g/mol. The summed E-state index contributed by atoms with van der Waals surface area (Å²) in [6.45, 7) is 6.97. The molecule has 2 aromatic rings. The van der Waals surface area contributed by atoms with Crippen molar-refractivity contribution >= 4 is 22.4 Å². The second kappa shape index (κ2) is 7.16. The number of nitrogens with zero attached hydrogens (tertiary/aromatic N) is 5. The highest BCUT2D eigenvalue weighted by Crippen LogP contribution is 2.14. The van der Waals surface area contributed by atoms with Crippen LogP contribution in [0.4, 0.5) is 5.13 Å². The molecule has 1 fully saturated rings. The number of carbonyl (C=O) groups excluding carboxylic acids is 1. The first-order chi connectivity index (χ1) is 11.1. The number of rotatable bonds is 5. The van der Waals surface area contributed by atoms with Crippen LogP contribution in [0.25, 0.3) is 0 Å². The zero-order valence-corrected chi connectivity index (χ0v) is 14.0. The number of nitrogens with one attached hydrogen (secondary N) is 1. The van der Waals surface area contributed by atoms with Crippen molar-refractivity contribution in [2.45, 2.75) is 26.5 Å². The molecule has 0 aliphatic carbocycles. The van der Waals surface area contributed by atoms with Crippen LogP contribution in [0.3, 0.4) is 0 Å². The highest BCUT2D eigenvalue weighted by molar-refractivity contribution is 7.15. The molecular weight excluding hydrogens is 316 g/mol. The van der Waals surface area contributed by atoms with Crippen LogP contribution < -0.4 is 5.32 Å². The van der Waals surface area contributed by atoms with Crippen molar-refractivity contribution in [1.82, 2.24) is 24.9 Å². The molecule has 1 aliphatic rings. The minimum Gasteiger partial charge on any atom is -0.374 e. The van der Waals surface area contributed by atoms with Gasteiger partial charge in [0.2, 0.25) is 11.0 Å². The standard InChI is InChI=1S/C14H20N6O2S/c1-10-5-15-20(6-10)8-12-7-19(3-4-22-12)9-13(21)16-14-18-17-11(2)23-14/h5-6,12H,3-4,7-9H2,1-2H3,(H,16,18,21)/t12-/m0/s1. The third kappa shape index (κ3) is 4.57. The summed E-state index contributed by atoms with van der Waals surface area (Å²) in [5.74, 6) is -0.0725. The molecule has 0 saturated carbocycles. The van der Waals surface area contributed by atoms with E-state index in [4.69, 9.17) is 4.74 Å². The van der Waals surface area contributed by atoms with Gasteiger partial charge in [0, 0.05) is 19.3 Å². The molecule has 2 aromatic heterocycles. The summed E-state index contributed by atoms with van der Waals surface area (Å²) in [6, 6.07) is 0. The minimum atomic E-state index is -0.0725. The lowest BCUT2D eigenvalue weighted by molar-refractivity contribution is -0.119. The number of ether oxygens (including phenoxy) is 1. The molecule has 0 bridgehead atoms. The number of hydrogen-bond acceptors (Lipinski definition) is 7. The normalized spacial score (nSPS) is 19.0. The fourth-order valence-corrected chi connectivity index (χ4v) is 3.13. The van der Waals surface area contributed by atoms with E-state index in [1.807, 2.05) is 30.9 Å². The Labute approximate surface area is 138 Å². The molecule has 0 unspecified atom stereocenters. The number of aryl methyl sites for hydroxylation is 2. The van der Waals surface area contributed by atoms with Gasteiger partial charge in [0.25, 0.3) is 0 Å². The fourth-order valence-electron chi connectivity index (χ4n) is 2.52. The molecule has 8 nitrogen and oxygen atoms in total. The Morgan fingerprint density at radius 3 is 3.04 bits per heavy atom. The number of carbonyl (C=O) groups is 1. The molecule has 9 heteroatoms. The van der Waals surface area contributed by atoms with E-state index in [-0.39, 0.29) is 12.0 Å². The van der Waals surface area contributed by atoms with E-state index in [0.717, 1.165) is 17.1 Å². The Bertz CT molecular complexity index is 670. The average molecular weight is 336 g/mol. The van der Waals surface area contributed by atoms with Crippen LogP contribution in [-0.2, 0) is 16.1 Å². The maximum Gasteiger partial charge on any atom is 0.240 e. The van der Waals surface area contributed by atoms with Crippen LogP contribution in [0.1, 0.15) is 10.6 Å². The zero-order valence-electron chi connectivity index (χ0n) is 13.2. The highest BCUT2D eigenvalue weighted by Gasteiger charge is 2.23. The minimum absolute atomic E-state index is 0.0413. The van der Waals surface area contributed by atoms with Gasteiger partial charge < -0.3 is 4.74 Å². The van der Waals surface area contributed by atoms with Gasteiger partial charge in [-0.05, 0) is 19.4 Å². The Balaban J connectivity index is 1.49. The van der Waals surface area contributed by atoms with Crippen molar-refractivity contribution in [3.05, 3.63) is 23.0 Å². The van der Waals surface area contributed by atoms with Gasteiger partial charge in [-0.3, -0.25) is 19.7 Å². The van der Waals surface area contributed by atoms with Crippen LogP contribution in [0, 0.1) is 13.8 Å². The van der Waals surface area contributed by atoms with Crippen LogP contribution in [0.2, 0.25) is 0 Å². The predicted molar refractivity (Wildman–Crippen MR) is 86.4 cm³/mol. The van der Waals surface area contributed by atoms with E-state index in [1.54, 1.807) is 0 Å². The number of hydrogen-bond donors (Lipinski definition) is 1. The first-order valence-electron chi connectivity index (χ1n) is 7.51. The molecule has 124 valence electrons. The van der Waals surface area contributed by atoms with Crippen molar-refractivity contribution in [2.24, 2.45) is 0 Å². The maximum atomic E-state index is 12.1. The molecule has 3 rings (SSSR count). The summed E-state index contributed by atoms with van der Waals surface area (Å²) >= 11 is 1.37. The van der Waals surface area contributed by atoms with Gasteiger partial charge in [-0.15, -0.1) is 10.2 Å². The molecule has 1 amide bonds. The summed E-state index contributed by atoms with van der Waals surface area (Å²) in [5.41, 5.74) is 1.13. The van der Waals surface area contributed by atoms with Crippen molar-refractivity contribution in [1.29, 1.82) is 0 Å². The number of aromatic nitrogens is 4. The van der Waals surface area contributed by atoms with Gasteiger partial charge in [0.05, 0.1) is 32.0 Å². The Hall–Kier alpha value is -1.84. The molecule has 0 aromatic carbocycles. The Morgan fingerprint density at radius 1 is 1.48 bits per heavy atom. The average Bonchev–Trinajstić information content (AvgIpc) is 3.08. The zero-order chi connectivity index (χ0) is 16.2. The van der Waals surface area contributed by atoms with E-state index in [1.165, 1.54) is 11.3 Å². The molecule has 1 aliphatic heterocycles. The smallest absolute Gasteiger partial charge is 0.240 e. The van der Waals surface area contributed by atoms with E-state index < -0.39 is 0 Å². The summed E-state index contributed by atoms with van der Waals surface area (Å²) < 4.78 is 7.65. The lowest BCUT2D eigenvalue weighted by Crippen LogP contribution is -2.47. The third-order valence-corrected chi connectivity index (χ3v) is 4.27. The van der Waals surface area contributed by atoms with Crippen molar-refractivity contribution < 1.29 is 9.53 Å².